The average molecular weight is 2040 g/mol. The minimum atomic E-state index is -3.03. The van der Waals surface area contributed by atoms with Crippen molar-refractivity contribution in [1.82, 2.24) is 80.7 Å². The Labute approximate surface area is 849 Å². The minimum Gasteiger partial charge on any atom is -0.393 e. The summed E-state index contributed by atoms with van der Waals surface area (Å²) >= 11 is 4.90. The maximum absolute atomic E-state index is 14.0. The van der Waals surface area contributed by atoms with E-state index in [9.17, 15) is 62.1 Å². The summed E-state index contributed by atoms with van der Waals surface area (Å²) in [6, 6.07) is 10.4. The lowest BCUT2D eigenvalue weighted by Crippen LogP contribution is -2.46. The summed E-state index contributed by atoms with van der Waals surface area (Å²) < 4.78 is 23.7. The van der Waals surface area contributed by atoms with Crippen LogP contribution in [-0.4, -0.2) is 258 Å². The number of pyridine rings is 4. The quantitative estimate of drug-likeness (QED) is 0.0217. The number of hydrogen-bond acceptors (Lipinski definition) is 29. The van der Waals surface area contributed by atoms with Crippen molar-refractivity contribution in [2.45, 2.75) is 359 Å². The number of sulfone groups is 1. The van der Waals surface area contributed by atoms with E-state index in [4.69, 9.17) is 4.98 Å². The van der Waals surface area contributed by atoms with Gasteiger partial charge in [0.2, 0.25) is 0 Å². The molecule has 8 aromatic heterocycles. The van der Waals surface area contributed by atoms with E-state index in [0.29, 0.717) is 112 Å². The van der Waals surface area contributed by atoms with Crippen molar-refractivity contribution < 1.29 is 62.1 Å². The third-order valence-electron chi connectivity index (χ3n) is 29.2. The summed E-state index contributed by atoms with van der Waals surface area (Å²) in [5, 5.41) is 55.7. The monoisotopic (exact) mass is 2040 g/mol. The molecule has 2 bridgehead atoms. The van der Waals surface area contributed by atoms with Gasteiger partial charge in [0.25, 0.3) is 47.3 Å². The second-order valence-corrected chi connectivity index (χ2v) is 49.0. The minimum absolute atomic E-state index is 0.0445. The molecular formula is C104H142N20O13S5. The highest BCUT2D eigenvalue weighted by Crippen LogP contribution is 2.49. The molecule has 0 spiro atoms. The standard InChI is InChI=1S/C30H41N5O4S2.C26H35N5O3S.C25H33N5O3S.C23H33N5O3S/c1-19-7-5-6-14-35(19)30(37)26-27(40-29(34-26)28(36)33-22-12-15-41(38,39)16-13-22)24-18-31-25(17-23(24)20-10-11-20)32-21-8-3-2-4-9-21;1-14-11-20(29-15(2)16-5-6-16)27-12-19(14)22-21(25(33)31-17-7-8-18(31)10-9-17)30-24(35-22)23(32)28-13-26(3,4)34;1-14-10-20(27-16-7-3-4-8-16)26-13-19(14)22-21(25(33)30-9-5-6-15(30)2)29-24(34-22)23(32)28-17-11-18(31)12-17;1-13(2)26-17-10-14(3)16(11-24-17)19-18(22(30)28-9-7-8-15(28)4)27-21(32-19)20(29)25-12-23(5,6)31/h17-22H,2-16H2,1H3,(H,31,32)(H,33,36);11-12,15-18,34H,5-10,13H2,1-4H3,(H,27,29)(H,28,32);10,13,15-18,31H,3-9,11-12H2,1-2H3,(H,26,27)(H,28,32);10-11,13,15,31H,7-9,12H2,1-6H3,(H,24,26)(H,25,29)/t19-;2*15-,17?,18?;15-/m0000/s1. The van der Waals surface area contributed by atoms with Gasteiger partial charge in [-0.15, -0.1) is 45.3 Å². The summed E-state index contributed by atoms with van der Waals surface area (Å²) in [4.78, 5) is 154. The van der Waals surface area contributed by atoms with Gasteiger partial charge >= 0.3 is 0 Å². The Morgan fingerprint density at radius 1 is 0.423 bits per heavy atom. The van der Waals surface area contributed by atoms with Crippen LogP contribution in [0.15, 0.2) is 49.1 Å². The van der Waals surface area contributed by atoms with Crippen LogP contribution < -0.4 is 42.5 Å². The normalized spacial score (nSPS) is 22.0. The van der Waals surface area contributed by atoms with Crippen LogP contribution in [0.1, 0.15) is 358 Å². The predicted molar refractivity (Wildman–Crippen MR) is 557 cm³/mol. The van der Waals surface area contributed by atoms with Crippen LogP contribution in [0.3, 0.4) is 0 Å². The van der Waals surface area contributed by atoms with Crippen molar-refractivity contribution in [2.24, 2.45) is 5.92 Å². The Hall–Kier alpha value is -10.1. The number of aliphatic hydroxyl groups excluding tert-OH is 1. The molecule has 142 heavy (non-hydrogen) atoms. The van der Waals surface area contributed by atoms with E-state index in [1.54, 1.807) is 46.3 Å². The number of fused-ring (bicyclic) bond motifs is 2. The van der Waals surface area contributed by atoms with Crippen molar-refractivity contribution in [2.75, 3.05) is 65.5 Å². The van der Waals surface area contributed by atoms with Crippen LogP contribution in [0.2, 0.25) is 0 Å². The topological polar surface area (TPSA) is 444 Å². The molecule has 38 heteroatoms. The van der Waals surface area contributed by atoms with Crippen LogP contribution >= 0.6 is 45.3 Å². The number of nitrogens with zero attached hydrogens (tertiary/aromatic N) is 12. The first-order valence-electron chi connectivity index (χ1n) is 51.5. The largest absolute Gasteiger partial charge is 0.393 e. The summed E-state index contributed by atoms with van der Waals surface area (Å²) in [6.07, 6.45) is 35.5. The molecule has 33 nitrogen and oxygen atoms in total. The first kappa shape index (κ1) is 105. The number of aliphatic hydroxyl groups is 3. The maximum Gasteiger partial charge on any atom is 0.280 e. The fourth-order valence-corrected chi connectivity index (χ4v) is 26.3. The van der Waals surface area contributed by atoms with Crippen molar-refractivity contribution in [3.05, 3.63) is 114 Å². The van der Waals surface area contributed by atoms with Gasteiger partial charge in [-0.05, 0) is 296 Å². The zero-order valence-corrected chi connectivity index (χ0v) is 88.4. The fourth-order valence-electron chi connectivity index (χ4n) is 20.7. The van der Waals surface area contributed by atoms with E-state index in [2.05, 4.69) is 104 Å². The molecule has 0 aromatic carbocycles. The zero-order valence-electron chi connectivity index (χ0n) is 84.3. The Kier molecular flexibility index (Phi) is 33.4. The molecule has 11 aliphatic rings. The number of aryl methyl sites for hydroxylation is 3. The van der Waals surface area contributed by atoms with Crippen LogP contribution in [0.25, 0.3) is 41.8 Å². The molecule has 5 aliphatic carbocycles. The van der Waals surface area contributed by atoms with Gasteiger partial charge in [0.1, 0.15) is 55.9 Å². The number of piperidine rings is 1. The highest BCUT2D eigenvalue weighted by Gasteiger charge is 2.46. The lowest BCUT2D eigenvalue weighted by Gasteiger charge is -2.33. The number of hydrogen-bond donors (Lipinski definition) is 11. The SMILES string of the molecule is C[C@H]1CCCCN1C(=O)c1nc(C(=O)NC2CCS(=O)(=O)CC2)sc1-c1cnc(NC2CCCCC2)cc1C1CC1.Cc1cc(NC(C)C)ncc1-c1sc(C(=O)NCC(C)(C)O)nc1C(=O)N1CCC[C@@H]1C.Cc1cc(NC2CCCC2)ncc1-c1sc(C(=O)NC2CC(O)C2)nc1C(=O)N1CCC[C@@H]1C.Cc1cc(N[C@@H](C)C2CC2)ncc1-c1sc(C(=O)NCC(C)(C)O)nc1C(=O)N1C2CCC1CC2. The molecule has 0 radical (unpaired) electrons. The smallest absolute Gasteiger partial charge is 0.280 e. The van der Waals surface area contributed by atoms with Crippen LogP contribution in [0.4, 0.5) is 23.3 Å². The molecule has 766 valence electrons. The van der Waals surface area contributed by atoms with Crippen LogP contribution in [-0.2, 0) is 9.84 Å². The van der Waals surface area contributed by atoms with Gasteiger partial charge in [0, 0.05) is 146 Å². The number of aromatic nitrogens is 8. The van der Waals surface area contributed by atoms with Gasteiger partial charge in [0.05, 0.1) is 48.3 Å². The summed E-state index contributed by atoms with van der Waals surface area (Å²) in [6.45, 7) is 27.2. The highest BCUT2D eigenvalue weighted by molar-refractivity contribution is 7.91. The average Bonchev–Trinajstić information content (AvgIpc) is 1.62. The number of carbonyl (C=O) groups is 8. The van der Waals surface area contributed by atoms with E-state index in [-0.39, 0.29) is 146 Å². The lowest BCUT2D eigenvalue weighted by molar-refractivity contribution is 0.0560. The summed E-state index contributed by atoms with van der Waals surface area (Å²) in [5.41, 5.74) is 6.64. The molecule has 19 rings (SSSR count). The highest BCUT2D eigenvalue weighted by atomic mass is 32.2. The Morgan fingerprint density at radius 2 is 0.789 bits per heavy atom. The molecular weight excluding hydrogens is 1900 g/mol. The Bertz CT molecular complexity index is 6000. The van der Waals surface area contributed by atoms with Gasteiger partial charge in [0.15, 0.2) is 20.0 Å². The molecule has 8 amide bonds. The number of anilines is 4. The van der Waals surface area contributed by atoms with E-state index >= 15 is 0 Å². The van der Waals surface area contributed by atoms with Gasteiger partial charge in [-0.2, -0.15) is 0 Å². The first-order valence-corrected chi connectivity index (χ1v) is 56.6. The van der Waals surface area contributed by atoms with Crippen LogP contribution in [0, 0.1) is 26.7 Å². The number of amides is 8. The summed E-state index contributed by atoms with van der Waals surface area (Å²) in [7, 11) is -3.03. The van der Waals surface area contributed by atoms with Crippen molar-refractivity contribution in [3.63, 3.8) is 0 Å². The zero-order chi connectivity index (χ0) is 101. The predicted octanol–water partition coefficient (Wildman–Crippen LogP) is 16.3. The molecule has 4 atom stereocenters. The van der Waals surface area contributed by atoms with Gasteiger partial charge in [-0.1, -0.05) is 32.1 Å². The third kappa shape index (κ3) is 26.0. The van der Waals surface area contributed by atoms with E-state index in [1.165, 1.54) is 109 Å². The molecule has 8 aromatic rings. The molecule has 14 heterocycles. The lowest BCUT2D eigenvalue weighted by atomic mass is 9.89. The first-order chi connectivity index (χ1) is 67.7. The Balaban J connectivity index is 0.000000137. The number of carbonyl (C=O) groups excluding carboxylic acids is 8. The maximum atomic E-state index is 14.0. The molecule has 6 aliphatic heterocycles. The second-order valence-electron chi connectivity index (χ2n) is 42.7. The molecule has 11 N–H and O–H groups in total. The molecule has 0 unspecified atom stereocenters. The van der Waals surface area contributed by atoms with Gasteiger partial charge in [-0.25, -0.2) is 48.3 Å². The summed E-state index contributed by atoms with van der Waals surface area (Å²) in [5.74, 6) is 2.67. The molecule has 11 fully saturated rings. The van der Waals surface area contributed by atoms with E-state index < -0.39 is 26.9 Å². The number of nitrogens with one attached hydrogen (secondary N) is 8. The van der Waals surface area contributed by atoms with Crippen molar-refractivity contribution >= 4 is 126 Å². The number of thiazole rings is 4. The van der Waals surface area contributed by atoms with Crippen LogP contribution in [0.5, 0.6) is 0 Å². The van der Waals surface area contributed by atoms with E-state index in [1.807, 2.05) is 85.5 Å². The number of likely N-dealkylation sites (tertiary alicyclic amines) is 3. The van der Waals surface area contributed by atoms with Crippen molar-refractivity contribution in [3.8, 4) is 41.8 Å². The van der Waals surface area contributed by atoms with E-state index in [0.717, 1.165) is 159 Å². The second kappa shape index (κ2) is 45.3. The molecule has 6 saturated heterocycles. The van der Waals surface area contributed by atoms with Gasteiger partial charge in [-0.3, -0.25) is 38.4 Å². The third-order valence-corrected chi connectivity index (χ3v) is 35.3. The van der Waals surface area contributed by atoms with Crippen molar-refractivity contribution in [1.29, 1.82) is 0 Å². The Morgan fingerprint density at radius 3 is 1.18 bits per heavy atom. The molecule has 5 saturated carbocycles. The van der Waals surface area contributed by atoms with Gasteiger partial charge < -0.3 is 77.5 Å². The fraction of sp³-hybridized carbons (Fsp3) is 0.615. The number of rotatable bonds is 28.